The number of nitriles is 1. The fourth-order valence-electron chi connectivity index (χ4n) is 1.28. The van der Waals surface area contributed by atoms with E-state index in [1.165, 1.54) is 11.8 Å². The van der Waals surface area contributed by atoms with Crippen LogP contribution < -0.4 is 0 Å². The summed E-state index contributed by atoms with van der Waals surface area (Å²) >= 11 is 7.35. The Labute approximate surface area is 108 Å². The molecule has 0 bridgehead atoms. The molecule has 0 aliphatic carbocycles. The fraction of sp³-hybridized carbons (Fsp3) is 0. The number of halogens is 1. The van der Waals surface area contributed by atoms with Crippen LogP contribution in [0, 0.1) is 11.3 Å². The Balaban J connectivity index is 2.20. The zero-order chi connectivity index (χ0) is 12.3. The van der Waals surface area contributed by atoms with Crippen molar-refractivity contribution in [1.29, 1.82) is 5.26 Å². The van der Waals surface area contributed by atoms with E-state index in [2.05, 4.69) is 6.07 Å². The number of nitrogens with zero attached hydrogens (tertiary/aromatic N) is 1. The van der Waals surface area contributed by atoms with E-state index in [-0.39, 0.29) is 5.75 Å². The molecule has 2 rings (SSSR count). The van der Waals surface area contributed by atoms with Gasteiger partial charge in [0.25, 0.3) is 0 Å². The van der Waals surface area contributed by atoms with Crippen LogP contribution in [-0.2, 0) is 0 Å². The van der Waals surface area contributed by atoms with Crippen LogP contribution in [0.5, 0.6) is 5.75 Å². The van der Waals surface area contributed by atoms with E-state index >= 15 is 0 Å². The number of hydrogen-bond acceptors (Lipinski definition) is 3. The Hall–Kier alpha value is -1.63. The van der Waals surface area contributed by atoms with Gasteiger partial charge in [-0.15, -0.1) is 0 Å². The van der Waals surface area contributed by atoms with E-state index < -0.39 is 0 Å². The molecule has 4 heteroatoms. The van der Waals surface area contributed by atoms with E-state index in [0.717, 1.165) is 9.79 Å². The number of benzene rings is 2. The van der Waals surface area contributed by atoms with Crippen LogP contribution in [0.25, 0.3) is 0 Å². The first-order valence-electron chi connectivity index (χ1n) is 4.85. The Kier molecular flexibility index (Phi) is 3.58. The van der Waals surface area contributed by atoms with Gasteiger partial charge in [0.2, 0.25) is 0 Å². The minimum Gasteiger partial charge on any atom is -0.506 e. The van der Waals surface area contributed by atoms with Gasteiger partial charge in [0.1, 0.15) is 5.75 Å². The summed E-state index contributed by atoms with van der Waals surface area (Å²) in [6, 6.07) is 14.4. The largest absolute Gasteiger partial charge is 0.506 e. The maximum atomic E-state index is 9.30. The minimum atomic E-state index is 0.0795. The van der Waals surface area contributed by atoms with Crippen molar-refractivity contribution in [3.05, 3.63) is 53.1 Å². The molecule has 0 fully saturated rings. The zero-order valence-electron chi connectivity index (χ0n) is 8.72. The van der Waals surface area contributed by atoms with Crippen molar-refractivity contribution in [2.24, 2.45) is 0 Å². The van der Waals surface area contributed by atoms with Gasteiger partial charge in [0.15, 0.2) is 0 Å². The Morgan fingerprint density at radius 3 is 2.29 bits per heavy atom. The van der Waals surface area contributed by atoms with Crippen LogP contribution in [0.3, 0.4) is 0 Å². The summed E-state index contributed by atoms with van der Waals surface area (Å²) in [6.07, 6.45) is 0. The second-order valence-corrected chi connectivity index (χ2v) is 4.91. The predicted molar refractivity (Wildman–Crippen MR) is 68.4 cm³/mol. The lowest BCUT2D eigenvalue weighted by molar-refractivity contribution is 0.475. The topological polar surface area (TPSA) is 44.0 Å². The first kappa shape index (κ1) is 11.8. The number of aromatic hydroxyl groups is 1. The molecule has 17 heavy (non-hydrogen) atoms. The van der Waals surface area contributed by atoms with Gasteiger partial charge < -0.3 is 5.11 Å². The third kappa shape index (κ3) is 2.94. The summed E-state index contributed by atoms with van der Waals surface area (Å²) in [5, 5.41) is 18.3. The molecule has 0 spiro atoms. The standard InChI is InChI=1S/C13H8ClNOS/c14-12-7-11(5-6-13(12)16)17-10-3-1-9(8-15)2-4-10/h1-7,16H. The molecule has 0 aliphatic rings. The second kappa shape index (κ2) is 5.13. The van der Waals surface area contributed by atoms with Gasteiger partial charge in [-0.2, -0.15) is 5.26 Å². The van der Waals surface area contributed by atoms with Crippen molar-refractivity contribution in [3.63, 3.8) is 0 Å². The number of hydrogen-bond donors (Lipinski definition) is 1. The van der Waals surface area contributed by atoms with Crippen LogP contribution in [0.2, 0.25) is 5.02 Å². The maximum absolute atomic E-state index is 9.30. The van der Waals surface area contributed by atoms with E-state index in [1.54, 1.807) is 30.3 Å². The zero-order valence-corrected chi connectivity index (χ0v) is 10.3. The fourth-order valence-corrected chi connectivity index (χ4v) is 2.39. The molecule has 0 aliphatic heterocycles. The minimum absolute atomic E-state index is 0.0795. The molecule has 0 amide bonds. The molecular weight excluding hydrogens is 254 g/mol. The summed E-state index contributed by atoms with van der Waals surface area (Å²) < 4.78 is 0. The molecule has 0 aromatic heterocycles. The maximum Gasteiger partial charge on any atom is 0.134 e. The van der Waals surface area contributed by atoms with E-state index in [4.69, 9.17) is 16.9 Å². The summed E-state index contributed by atoms with van der Waals surface area (Å²) in [4.78, 5) is 1.96. The Morgan fingerprint density at radius 2 is 1.71 bits per heavy atom. The number of phenols is 1. The Bertz CT molecular complexity index is 575. The van der Waals surface area contributed by atoms with Gasteiger partial charge in [-0.25, -0.2) is 0 Å². The lowest BCUT2D eigenvalue weighted by atomic mass is 10.2. The van der Waals surface area contributed by atoms with Crippen molar-refractivity contribution < 1.29 is 5.11 Å². The van der Waals surface area contributed by atoms with Crippen molar-refractivity contribution in [2.75, 3.05) is 0 Å². The molecule has 0 heterocycles. The molecule has 0 atom stereocenters. The van der Waals surface area contributed by atoms with Crippen LogP contribution in [0.1, 0.15) is 5.56 Å². The first-order valence-corrected chi connectivity index (χ1v) is 6.05. The summed E-state index contributed by atoms with van der Waals surface area (Å²) in [6.45, 7) is 0. The van der Waals surface area contributed by atoms with E-state index in [0.29, 0.717) is 10.6 Å². The van der Waals surface area contributed by atoms with E-state index in [1.807, 2.05) is 12.1 Å². The molecule has 84 valence electrons. The van der Waals surface area contributed by atoms with Crippen LogP contribution in [0.15, 0.2) is 52.3 Å². The molecule has 2 aromatic carbocycles. The molecule has 1 N–H and O–H groups in total. The molecule has 0 radical (unpaired) electrons. The highest BCUT2D eigenvalue weighted by molar-refractivity contribution is 7.99. The Morgan fingerprint density at radius 1 is 1.06 bits per heavy atom. The molecular formula is C13H8ClNOS. The number of rotatable bonds is 2. The van der Waals surface area contributed by atoms with Crippen molar-refractivity contribution in [3.8, 4) is 11.8 Å². The van der Waals surface area contributed by atoms with Gasteiger partial charge in [-0.05, 0) is 42.5 Å². The molecule has 0 saturated heterocycles. The van der Waals surface area contributed by atoms with Gasteiger partial charge in [-0.3, -0.25) is 0 Å². The molecule has 0 unspecified atom stereocenters. The quantitative estimate of drug-likeness (QED) is 0.886. The third-order valence-corrected chi connectivity index (χ3v) is 3.44. The highest BCUT2D eigenvalue weighted by Gasteiger charge is 2.02. The van der Waals surface area contributed by atoms with Crippen LogP contribution in [-0.4, -0.2) is 5.11 Å². The second-order valence-electron chi connectivity index (χ2n) is 3.35. The smallest absolute Gasteiger partial charge is 0.134 e. The first-order chi connectivity index (χ1) is 8.19. The average Bonchev–Trinajstić information content (AvgIpc) is 2.35. The van der Waals surface area contributed by atoms with Gasteiger partial charge in [0.05, 0.1) is 16.7 Å². The number of phenolic OH excluding ortho intramolecular Hbond substituents is 1. The molecule has 2 aromatic rings. The van der Waals surface area contributed by atoms with Crippen molar-refractivity contribution >= 4 is 23.4 Å². The highest BCUT2D eigenvalue weighted by Crippen LogP contribution is 2.33. The highest BCUT2D eigenvalue weighted by atomic mass is 35.5. The normalized spacial score (nSPS) is 9.88. The molecule has 2 nitrogen and oxygen atoms in total. The van der Waals surface area contributed by atoms with Crippen LogP contribution in [0.4, 0.5) is 0 Å². The lowest BCUT2D eigenvalue weighted by Gasteiger charge is -2.03. The van der Waals surface area contributed by atoms with Gasteiger partial charge in [0, 0.05) is 9.79 Å². The lowest BCUT2D eigenvalue weighted by Crippen LogP contribution is -1.76. The molecule has 0 saturated carbocycles. The average molecular weight is 262 g/mol. The predicted octanol–water partition coefficient (Wildman–Crippen LogP) is 4.07. The van der Waals surface area contributed by atoms with Gasteiger partial charge >= 0.3 is 0 Å². The SMILES string of the molecule is N#Cc1ccc(Sc2ccc(O)c(Cl)c2)cc1. The van der Waals surface area contributed by atoms with Gasteiger partial charge in [-0.1, -0.05) is 23.4 Å². The van der Waals surface area contributed by atoms with Crippen molar-refractivity contribution in [1.82, 2.24) is 0 Å². The van der Waals surface area contributed by atoms with E-state index in [9.17, 15) is 5.11 Å². The third-order valence-electron chi connectivity index (χ3n) is 2.14. The monoisotopic (exact) mass is 261 g/mol. The summed E-state index contributed by atoms with van der Waals surface area (Å²) in [5.74, 6) is 0.0795. The summed E-state index contributed by atoms with van der Waals surface area (Å²) in [7, 11) is 0. The summed E-state index contributed by atoms with van der Waals surface area (Å²) in [5.41, 5.74) is 0.637. The van der Waals surface area contributed by atoms with Crippen molar-refractivity contribution in [2.45, 2.75) is 9.79 Å². The van der Waals surface area contributed by atoms with Crippen LogP contribution >= 0.6 is 23.4 Å².